The summed E-state index contributed by atoms with van der Waals surface area (Å²) in [6.07, 6.45) is 3.42. The number of halogens is 1. The number of imidazole rings is 1. The van der Waals surface area contributed by atoms with E-state index >= 15 is 0 Å². The van der Waals surface area contributed by atoms with Crippen LogP contribution in [-0.4, -0.2) is 27.1 Å². The molecule has 1 heterocycles. The van der Waals surface area contributed by atoms with E-state index < -0.39 is 5.82 Å². The van der Waals surface area contributed by atoms with Crippen LogP contribution in [0.5, 0.6) is 0 Å². The molecule has 0 atom stereocenters. The van der Waals surface area contributed by atoms with E-state index in [0.29, 0.717) is 17.3 Å². The van der Waals surface area contributed by atoms with Crippen LogP contribution in [0, 0.1) is 12.7 Å². The highest BCUT2D eigenvalue weighted by Crippen LogP contribution is 2.22. The van der Waals surface area contributed by atoms with Crippen molar-refractivity contribution < 1.29 is 14.0 Å². The van der Waals surface area contributed by atoms with Gasteiger partial charge in [-0.2, -0.15) is 0 Å². The number of hydrogen-bond donors (Lipinski definition) is 2. The number of carbonyl (C=O) groups is 2. The Morgan fingerprint density at radius 3 is 2.47 bits per heavy atom. The lowest BCUT2D eigenvalue weighted by Crippen LogP contribution is -2.22. The van der Waals surface area contributed by atoms with Crippen LogP contribution in [0.3, 0.4) is 0 Å². The highest BCUT2D eigenvalue weighted by atomic mass is 32.2. The Labute approximate surface area is 201 Å². The molecule has 0 aliphatic heterocycles. The molecule has 0 spiro atoms. The van der Waals surface area contributed by atoms with Gasteiger partial charge in [0.25, 0.3) is 5.91 Å². The third-order valence-electron chi connectivity index (χ3n) is 5.07. The summed E-state index contributed by atoms with van der Waals surface area (Å²) in [5.74, 6) is -0.891. The molecule has 0 aliphatic carbocycles. The highest BCUT2D eigenvalue weighted by molar-refractivity contribution is 7.99. The number of hydrogen-bond acceptors (Lipinski definition) is 4. The molecule has 2 N–H and O–H groups in total. The third kappa shape index (κ3) is 5.90. The van der Waals surface area contributed by atoms with Gasteiger partial charge in [-0.3, -0.25) is 14.2 Å². The molecule has 3 aromatic carbocycles. The second-order valence-electron chi connectivity index (χ2n) is 7.61. The zero-order chi connectivity index (χ0) is 23.9. The molecule has 4 aromatic rings. The monoisotopic (exact) mass is 474 g/mol. The van der Waals surface area contributed by atoms with Crippen molar-refractivity contribution in [2.24, 2.45) is 0 Å². The minimum atomic E-state index is -0.481. The summed E-state index contributed by atoms with van der Waals surface area (Å²) in [4.78, 5) is 29.0. The van der Waals surface area contributed by atoms with Crippen LogP contribution in [0.25, 0.3) is 5.69 Å². The Morgan fingerprint density at radius 1 is 1.00 bits per heavy atom. The molecule has 2 amide bonds. The number of aryl methyl sites for hydroxylation is 1. The van der Waals surface area contributed by atoms with E-state index in [2.05, 4.69) is 15.6 Å². The van der Waals surface area contributed by atoms with E-state index in [4.69, 9.17) is 0 Å². The molecular formula is C26H23FN4O2S. The lowest BCUT2D eigenvalue weighted by atomic mass is 10.1. The van der Waals surface area contributed by atoms with Crippen LogP contribution in [0.1, 0.15) is 21.5 Å². The Balaban J connectivity index is 1.34. The predicted molar refractivity (Wildman–Crippen MR) is 132 cm³/mol. The molecule has 1 aromatic heterocycles. The first kappa shape index (κ1) is 23.3. The predicted octanol–water partition coefficient (Wildman–Crippen LogP) is 4.98. The number of thioether (sulfide) groups is 1. The van der Waals surface area contributed by atoms with E-state index in [1.54, 1.807) is 36.7 Å². The summed E-state index contributed by atoms with van der Waals surface area (Å²) in [6, 6.07) is 21.2. The minimum absolute atomic E-state index is 0.0743. The Hall–Kier alpha value is -3.91. The second kappa shape index (κ2) is 10.8. The number of amides is 2. The number of aromatic nitrogens is 2. The summed E-state index contributed by atoms with van der Waals surface area (Å²) in [5, 5.41) is 6.10. The first-order chi connectivity index (χ1) is 16.5. The molecule has 0 bridgehead atoms. The minimum Gasteiger partial charge on any atom is -0.348 e. The van der Waals surface area contributed by atoms with E-state index in [9.17, 15) is 14.0 Å². The van der Waals surface area contributed by atoms with Crippen molar-refractivity contribution >= 4 is 29.3 Å². The number of rotatable bonds is 8. The van der Waals surface area contributed by atoms with Crippen LogP contribution < -0.4 is 10.6 Å². The van der Waals surface area contributed by atoms with Gasteiger partial charge in [0.2, 0.25) is 5.91 Å². The molecule has 0 aliphatic rings. The molecule has 0 radical (unpaired) electrons. The van der Waals surface area contributed by atoms with E-state index in [1.807, 2.05) is 47.9 Å². The van der Waals surface area contributed by atoms with Crippen LogP contribution in [-0.2, 0) is 11.3 Å². The van der Waals surface area contributed by atoms with Crippen molar-refractivity contribution in [1.29, 1.82) is 0 Å². The summed E-state index contributed by atoms with van der Waals surface area (Å²) >= 11 is 1.24. The fourth-order valence-electron chi connectivity index (χ4n) is 3.24. The molecule has 34 heavy (non-hydrogen) atoms. The average Bonchev–Trinajstić information content (AvgIpc) is 3.32. The average molecular weight is 475 g/mol. The van der Waals surface area contributed by atoms with Crippen molar-refractivity contribution in [3.63, 3.8) is 0 Å². The van der Waals surface area contributed by atoms with Gasteiger partial charge in [-0.05, 0) is 48.9 Å². The van der Waals surface area contributed by atoms with Gasteiger partial charge in [0, 0.05) is 30.2 Å². The van der Waals surface area contributed by atoms with Gasteiger partial charge in [0.05, 0.1) is 11.4 Å². The summed E-state index contributed by atoms with van der Waals surface area (Å²) < 4.78 is 15.5. The van der Waals surface area contributed by atoms with Gasteiger partial charge in [-0.1, -0.05) is 53.7 Å². The number of carbonyl (C=O) groups excluding carboxylic acids is 2. The van der Waals surface area contributed by atoms with Gasteiger partial charge < -0.3 is 10.6 Å². The largest absolute Gasteiger partial charge is 0.348 e. The lowest BCUT2D eigenvalue weighted by Gasteiger charge is -2.10. The molecule has 0 unspecified atom stereocenters. The Morgan fingerprint density at radius 2 is 1.74 bits per heavy atom. The zero-order valence-corrected chi connectivity index (χ0v) is 19.3. The van der Waals surface area contributed by atoms with Crippen LogP contribution >= 0.6 is 11.8 Å². The molecule has 172 valence electrons. The number of nitrogens with one attached hydrogen (secondary N) is 2. The maximum absolute atomic E-state index is 13.7. The number of anilines is 1. The topological polar surface area (TPSA) is 76.0 Å². The molecule has 0 fully saturated rings. The number of para-hydroxylation sites is 1. The van der Waals surface area contributed by atoms with Crippen molar-refractivity contribution in [3.05, 3.63) is 108 Å². The maximum atomic E-state index is 13.7. The van der Waals surface area contributed by atoms with Crippen molar-refractivity contribution in [1.82, 2.24) is 14.9 Å². The van der Waals surface area contributed by atoms with Gasteiger partial charge >= 0.3 is 0 Å². The van der Waals surface area contributed by atoms with Crippen molar-refractivity contribution in [2.45, 2.75) is 18.6 Å². The second-order valence-corrected chi connectivity index (χ2v) is 8.55. The van der Waals surface area contributed by atoms with Crippen molar-refractivity contribution in [3.8, 4) is 5.69 Å². The smallest absolute Gasteiger partial charge is 0.251 e. The van der Waals surface area contributed by atoms with Gasteiger partial charge in [0.1, 0.15) is 5.82 Å². The molecule has 8 heteroatoms. The summed E-state index contributed by atoms with van der Waals surface area (Å²) in [6.45, 7) is 2.48. The Bertz CT molecular complexity index is 1290. The maximum Gasteiger partial charge on any atom is 0.251 e. The third-order valence-corrected chi connectivity index (χ3v) is 6.04. The van der Waals surface area contributed by atoms with Crippen LogP contribution in [0.15, 0.2) is 90.3 Å². The fraction of sp³-hybridized carbons (Fsp3) is 0.115. The number of benzene rings is 3. The fourth-order valence-corrected chi connectivity index (χ4v) is 4.01. The zero-order valence-electron chi connectivity index (χ0n) is 18.5. The quantitative estimate of drug-likeness (QED) is 0.353. The van der Waals surface area contributed by atoms with Gasteiger partial charge in [-0.25, -0.2) is 9.37 Å². The first-order valence-electron chi connectivity index (χ1n) is 10.6. The molecule has 0 saturated carbocycles. The first-order valence-corrected chi connectivity index (χ1v) is 11.6. The molecular weight excluding hydrogens is 451 g/mol. The van der Waals surface area contributed by atoms with E-state index in [0.717, 1.165) is 11.3 Å². The van der Waals surface area contributed by atoms with E-state index in [1.165, 1.54) is 29.5 Å². The van der Waals surface area contributed by atoms with Crippen LogP contribution in [0.2, 0.25) is 0 Å². The lowest BCUT2D eigenvalue weighted by molar-refractivity contribution is -0.113. The molecule has 4 rings (SSSR count). The summed E-state index contributed by atoms with van der Waals surface area (Å²) in [5.41, 5.74) is 3.72. The van der Waals surface area contributed by atoms with E-state index in [-0.39, 0.29) is 23.3 Å². The Kier molecular flexibility index (Phi) is 7.39. The standard InChI is InChI=1S/C26H23FN4O2S/c1-18-6-8-19(9-7-18)16-29-25(33)20-10-12-21(13-11-20)31-15-14-28-26(31)34-17-24(32)30-23-5-3-2-4-22(23)27/h2-15H,16-17H2,1H3,(H,29,33)(H,30,32). The van der Waals surface area contributed by atoms with Gasteiger partial charge in [-0.15, -0.1) is 0 Å². The number of nitrogens with zero attached hydrogens (tertiary/aromatic N) is 2. The highest BCUT2D eigenvalue weighted by Gasteiger charge is 2.12. The SMILES string of the molecule is Cc1ccc(CNC(=O)c2ccc(-n3ccnc3SCC(=O)Nc3ccccc3F)cc2)cc1. The van der Waals surface area contributed by atoms with Crippen LogP contribution in [0.4, 0.5) is 10.1 Å². The van der Waals surface area contributed by atoms with Crippen molar-refractivity contribution in [2.75, 3.05) is 11.1 Å². The normalized spacial score (nSPS) is 10.6. The summed E-state index contributed by atoms with van der Waals surface area (Å²) in [7, 11) is 0. The molecule has 0 saturated heterocycles. The van der Waals surface area contributed by atoms with Gasteiger partial charge in [0.15, 0.2) is 5.16 Å². The molecule has 6 nitrogen and oxygen atoms in total.